The summed E-state index contributed by atoms with van der Waals surface area (Å²) in [4.78, 5) is 11.5. The summed E-state index contributed by atoms with van der Waals surface area (Å²) in [6, 6.07) is 0.478. The van der Waals surface area contributed by atoms with Crippen LogP contribution >= 0.6 is 0 Å². The maximum atomic E-state index is 11.5. The SMILES string of the molecule is CC(C)NCCCC(=O)NCC1COCCO1. The number of amides is 1. The topological polar surface area (TPSA) is 59.6 Å². The second-order valence-electron chi connectivity index (χ2n) is 4.58. The molecule has 17 heavy (non-hydrogen) atoms. The summed E-state index contributed by atoms with van der Waals surface area (Å²) in [6.07, 6.45) is 1.45. The molecule has 0 saturated carbocycles. The average molecular weight is 244 g/mol. The molecule has 0 bridgehead atoms. The van der Waals surface area contributed by atoms with Gasteiger partial charge in [0.1, 0.15) is 0 Å². The molecule has 2 N–H and O–H groups in total. The molecular formula is C12H24N2O3. The molecule has 1 amide bonds. The first kappa shape index (κ1) is 14.4. The number of hydrogen-bond donors (Lipinski definition) is 2. The largest absolute Gasteiger partial charge is 0.376 e. The maximum absolute atomic E-state index is 11.5. The van der Waals surface area contributed by atoms with Crippen LogP contribution in [0.15, 0.2) is 0 Å². The van der Waals surface area contributed by atoms with Crippen LogP contribution in [0.5, 0.6) is 0 Å². The summed E-state index contributed by atoms with van der Waals surface area (Å²) in [7, 11) is 0. The van der Waals surface area contributed by atoms with Crippen molar-refractivity contribution in [2.45, 2.75) is 38.8 Å². The molecule has 100 valence electrons. The van der Waals surface area contributed by atoms with E-state index in [0.717, 1.165) is 13.0 Å². The van der Waals surface area contributed by atoms with Gasteiger partial charge in [-0.3, -0.25) is 4.79 Å². The predicted molar refractivity (Wildman–Crippen MR) is 65.9 cm³/mol. The number of carbonyl (C=O) groups is 1. The Morgan fingerprint density at radius 2 is 2.24 bits per heavy atom. The van der Waals surface area contributed by atoms with E-state index in [-0.39, 0.29) is 12.0 Å². The summed E-state index contributed by atoms with van der Waals surface area (Å²) in [5, 5.41) is 6.15. The van der Waals surface area contributed by atoms with Gasteiger partial charge in [-0.2, -0.15) is 0 Å². The predicted octanol–water partition coefficient (Wildman–Crippen LogP) is 0.296. The van der Waals surface area contributed by atoms with Gasteiger partial charge in [0.15, 0.2) is 0 Å². The van der Waals surface area contributed by atoms with E-state index in [4.69, 9.17) is 9.47 Å². The third kappa shape index (κ3) is 7.31. The molecular weight excluding hydrogens is 220 g/mol. The Labute approximate surface area is 103 Å². The highest BCUT2D eigenvalue weighted by atomic mass is 16.6. The van der Waals surface area contributed by atoms with Crippen LogP contribution in [-0.4, -0.2) is 51.0 Å². The van der Waals surface area contributed by atoms with Crippen molar-refractivity contribution in [1.29, 1.82) is 0 Å². The van der Waals surface area contributed by atoms with E-state index in [9.17, 15) is 4.79 Å². The van der Waals surface area contributed by atoms with Crippen molar-refractivity contribution in [2.75, 3.05) is 32.9 Å². The summed E-state index contributed by atoms with van der Waals surface area (Å²) < 4.78 is 10.7. The minimum Gasteiger partial charge on any atom is -0.376 e. The van der Waals surface area contributed by atoms with Crippen molar-refractivity contribution < 1.29 is 14.3 Å². The zero-order chi connectivity index (χ0) is 12.5. The minimum absolute atomic E-state index is 0.0153. The van der Waals surface area contributed by atoms with E-state index >= 15 is 0 Å². The standard InChI is InChI=1S/C12H24N2O3/c1-10(2)13-5-3-4-12(15)14-8-11-9-16-6-7-17-11/h10-11,13H,3-9H2,1-2H3,(H,14,15). The Balaban J connectivity index is 1.96. The highest BCUT2D eigenvalue weighted by Crippen LogP contribution is 1.99. The molecule has 1 aliphatic rings. The normalized spacial score (nSPS) is 20.5. The molecule has 0 aromatic rings. The number of ether oxygens (including phenoxy) is 2. The van der Waals surface area contributed by atoms with Crippen LogP contribution < -0.4 is 10.6 Å². The van der Waals surface area contributed by atoms with Gasteiger partial charge in [0.05, 0.1) is 25.9 Å². The Hall–Kier alpha value is -0.650. The van der Waals surface area contributed by atoms with Crippen molar-refractivity contribution in [3.8, 4) is 0 Å². The summed E-state index contributed by atoms with van der Waals surface area (Å²) in [6.45, 7) is 7.49. The molecule has 1 rings (SSSR count). The van der Waals surface area contributed by atoms with Crippen molar-refractivity contribution in [1.82, 2.24) is 10.6 Å². The number of nitrogens with one attached hydrogen (secondary N) is 2. The Morgan fingerprint density at radius 1 is 1.41 bits per heavy atom. The lowest BCUT2D eigenvalue weighted by atomic mass is 10.2. The van der Waals surface area contributed by atoms with Crippen molar-refractivity contribution in [3.05, 3.63) is 0 Å². The highest BCUT2D eigenvalue weighted by Gasteiger charge is 2.14. The number of hydrogen-bond acceptors (Lipinski definition) is 4. The smallest absolute Gasteiger partial charge is 0.220 e. The van der Waals surface area contributed by atoms with E-state index in [1.54, 1.807) is 0 Å². The third-order valence-electron chi connectivity index (χ3n) is 2.55. The van der Waals surface area contributed by atoms with Crippen LogP contribution in [0.2, 0.25) is 0 Å². The van der Waals surface area contributed by atoms with Crippen LogP contribution in [0.4, 0.5) is 0 Å². The minimum atomic E-state index is 0.0153. The molecule has 1 fully saturated rings. The van der Waals surface area contributed by atoms with Crippen LogP contribution in [0.3, 0.4) is 0 Å². The monoisotopic (exact) mass is 244 g/mol. The Morgan fingerprint density at radius 3 is 2.88 bits per heavy atom. The first-order valence-electron chi connectivity index (χ1n) is 6.38. The van der Waals surface area contributed by atoms with Crippen molar-refractivity contribution in [2.24, 2.45) is 0 Å². The lowest BCUT2D eigenvalue weighted by molar-refractivity contribution is -0.124. The van der Waals surface area contributed by atoms with Gasteiger partial charge in [0, 0.05) is 19.0 Å². The summed E-state index contributed by atoms with van der Waals surface area (Å²) in [5.41, 5.74) is 0. The van der Waals surface area contributed by atoms with Crippen LogP contribution in [0.25, 0.3) is 0 Å². The molecule has 0 radical (unpaired) electrons. The van der Waals surface area contributed by atoms with Gasteiger partial charge in [-0.05, 0) is 13.0 Å². The molecule has 1 saturated heterocycles. The van der Waals surface area contributed by atoms with E-state index in [0.29, 0.717) is 38.8 Å². The van der Waals surface area contributed by atoms with Crippen molar-refractivity contribution in [3.63, 3.8) is 0 Å². The van der Waals surface area contributed by atoms with Gasteiger partial charge in [-0.25, -0.2) is 0 Å². The number of carbonyl (C=O) groups excluding carboxylic acids is 1. The zero-order valence-corrected chi connectivity index (χ0v) is 10.8. The van der Waals surface area contributed by atoms with Crippen LogP contribution in [-0.2, 0) is 14.3 Å². The second kappa shape index (κ2) is 8.44. The highest BCUT2D eigenvalue weighted by molar-refractivity contribution is 5.75. The van der Waals surface area contributed by atoms with Gasteiger partial charge in [-0.1, -0.05) is 13.8 Å². The van der Waals surface area contributed by atoms with Gasteiger partial charge in [-0.15, -0.1) is 0 Å². The molecule has 0 spiro atoms. The summed E-state index contributed by atoms with van der Waals surface area (Å²) >= 11 is 0. The molecule has 1 atom stereocenters. The second-order valence-corrected chi connectivity index (χ2v) is 4.58. The molecule has 0 aliphatic carbocycles. The molecule has 1 aliphatic heterocycles. The maximum Gasteiger partial charge on any atom is 0.220 e. The fourth-order valence-corrected chi connectivity index (χ4v) is 1.61. The Kier molecular flexibility index (Phi) is 7.16. The molecule has 1 unspecified atom stereocenters. The average Bonchev–Trinajstić information content (AvgIpc) is 2.33. The van der Waals surface area contributed by atoms with E-state index in [1.807, 2.05) is 0 Å². The van der Waals surface area contributed by atoms with E-state index < -0.39 is 0 Å². The molecule has 5 heteroatoms. The van der Waals surface area contributed by atoms with E-state index in [1.165, 1.54) is 0 Å². The van der Waals surface area contributed by atoms with Gasteiger partial charge in [0.2, 0.25) is 5.91 Å². The van der Waals surface area contributed by atoms with E-state index in [2.05, 4.69) is 24.5 Å². The fraction of sp³-hybridized carbons (Fsp3) is 0.917. The van der Waals surface area contributed by atoms with Crippen molar-refractivity contribution >= 4 is 5.91 Å². The van der Waals surface area contributed by atoms with Gasteiger partial charge in [0.25, 0.3) is 0 Å². The molecule has 0 aromatic carbocycles. The summed E-state index contributed by atoms with van der Waals surface area (Å²) in [5.74, 6) is 0.0877. The van der Waals surface area contributed by atoms with Crippen LogP contribution in [0.1, 0.15) is 26.7 Å². The lowest BCUT2D eigenvalue weighted by Crippen LogP contribution is -2.39. The Bertz CT molecular complexity index is 216. The molecule has 0 aromatic heterocycles. The fourth-order valence-electron chi connectivity index (χ4n) is 1.61. The number of rotatable bonds is 7. The zero-order valence-electron chi connectivity index (χ0n) is 10.8. The first-order chi connectivity index (χ1) is 8.18. The molecule has 1 heterocycles. The molecule has 5 nitrogen and oxygen atoms in total. The van der Waals surface area contributed by atoms with Gasteiger partial charge < -0.3 is 20.1 Å². The van der Waals surface area contributed by atoms with Crippen LogP contribution in [0, 0.1) is 0 Å². The van der Waals surface area contributed by atoms with Gasteiger partial charge >= 0.3 is 0 Å². The third-order valence-corrected chi connectivity index (χ3v) is 2.55. The lowest BCUT2D eigenvalue weighted by Gasteiger charge is -2.23. The first-order valence-corrected chi connectivity index (χ1v) is 6.38. The quantitative estimate of drug-likeness (QED) is 0.632.